The molecule has 4 unspecified atom stereocenters. The van der Waals surface area contributed by atoms with E-state index in [1.165, 1.54) is 0 Å². The molecule has 2 aliphatic rings. The number of piperidine rings is 2. The molecular formula is C37H52Br2N2O8. The SMILES string of the molecule is C[N+]1(CCC(=O)OCCCCCOC(=O)CC[N+]2(C)CCCC(OC(=O)c3ccccc3)C2)CCCC(OC(=O)c2ccccc2)C1.[Br-].[Br-]. The molecule has 0 spiro atoms. The van der Waals surface area contributed by atoms with Gasteiger partial charge in [0.25, 0.3) is 0 Å². The van der Waals surface area contributed by atoms with E-state index in [4.69, 9.17) is 18.9 Å². The van der Waals surface area contributed by atoms with E-state index in [9.17, 15) is 19.2 Å². The largest absolute Gasteiger partial charge is 1.00 e. The summed E-state index contributed by atoms with van der Waals surface area (Å²) >= 11 is 0. The Morgan fingerprint density at radius 1 is 0.612 bits per heavy atom. The highest BCUT2D eigenvalue weighted by Gasteiger charge is 2.35. The van der Waals surface area contributed by atoms with E-state index >= 15 is 0 Å². The summed E-state index contributed by atoms with van der Waals surface area (Å²) in [5.41, 5.74) is 1.11. The van der Waals surface area contributed by atoms with Gasteiger partial charge < -0.3 is 61.9 Å². The summed E-state index contributed by atoms with van der Waals surface area (Å²) in [7, 11) is 4.21. The third-order valence-corrected chi connectivity index (χ3v) is 9.33. The number of likely N-dealkylation sites (tertiary alicyclic amines) is 2. The molecule has 0 amide bonds. The molecule has 12 heteroatoms. The van der Waals surface area contributed by atoms with E-state index in [1.807, 2.05) is 36.4 Å². The van der Waals surface area contributed by atoms with Crippen molar-refractivity contribution in [2.24, 2.45) is 0 Å². The Kier molecular flexibility index (Phi) is 18.5. The monoisotopic (exact) mass is 810 g/mol. The number of halogens is 2. The number of ether oxygens (including phenoxy) is 4. The maximum Gasteiger partial charge on any atom is 0.338 e. The Bertz CT molecular complexity index is 1220. The fourth-order valence-corrected chi connectivity index (χ4v) is 6.56. The molecule has 49 heavy (non-hydrogen) atoms. The second-order valence-electron chi connectivity index (χ2n) is 13.6. The number of likely N-dealkylation sites (N-methyl/N-ethyl adjacent to an activating group) is 2. The molecule has 10 nitrogen and oxygen atoms in total. The molecule has 2 aromatic carbocycles. The Balaban J connectivity index is 0.00000417. The van der Waals surface area contributed by atoms with Gasteiger partial charge in [-0.2, -0.15) is 0 Å². The van der Waals surface area contributed by atoms with Gasteiger partial charge in [0, 0.05) is 12.8 Å². The van der Waals surface area contributed by atoms with Crippen molar-refractivity contribution in [1.29, 1.82) is 0 Å². The quantitative estimate of drug-likeness (QED) is 0.0919. The molecular weight excluding hydrogens is 760 g/mol. The highest BCUT2D eigenvalue weighted by Crippen LogP contribution is 2.22. The van der Waals surface area contributed by atoms with Gasteiger partial charge in [-0.25, -0.2) is 9.59 Å². The number of hydrogen-bond acceptors (Lipinski definition) is 8. The number of hydrogen-bond donors (Lipinski definition) is 0. The summed E-state index contributed by atoms with van der Waals surface area (Å²) in [4.78, 5) is 49.7. The number of carbonyl (C=O) groups excluding carboxylic acids is 4. The standard InChI is InChI=1S/C37H52N2O8.2BrH/c1-38(22-12-18-32(28-38)46-36(42)30-14-6-3-7-15-30)24-20-34(40)44-26-10-5-11-27-45-35(41)21-25-39(2)23-13-19-33(29-39)47-37(43)31-16-8-4-9-17-31;;/h3-4,6-9,14-17,32-33H,5,10-13,18-29H2,1-2H3;2*1H/q+2;;/p-2. The third kappa shape index (κ3) is 14.9. The van der Waals surface area contributed by atoms with E-state index in [1.54, 1.807) is 24.3 Å². The zero-order chi connectivity index (χ0) is 33.5. The molecule has 4 atom stereocenters. The molecule has 0 N–H and O–H groups in total. The highest BCUT2D eigenvalue weighted by molar-refractivity contribution is 5.89. The lowest BCUT2D eigenvalue weighted by atomic mass is 10.1. The van der Waals surface area contributed by atoms with Crippen LogP contribution in [0.5, 0.6) is 0 Å². The van der Waals surface area contributed by atoms with Gasteiger partial charge in [0.2, 0.25) is 0 Å². The Morgan fingerprint density at radius 3 is 1.39 bits per heavy atom. The lowest BCUT2D eigenvalue weighted by Crippen LogP contribution is -3.00. The maximum atomic E-state index is 12.5. The predicted molar refractivity (Wildman–Crippen MR) is 176 cm³/mol. The van der Waals surface area contributed by atoms with Crippen molar-refractivity contribution in [1.82, 2.24) is 0 Å². The van der Waals surface area contributed by atoms with Gasteiger partial charge in [0.05, 0.1) is 77.5 Å². The maximum absolute atomic E-state index is 12.5. The summed E-state index contributed by atoms with van der Waals surface area (Å²) in [6.07, 6.45) is 6.08. The van der Waals surface area contributed by atoms with E-state index in [0.29, 0.717) is 85.2 Å². The first-order chi connectivity index (χ1) is 22.6. The van der Waals surface area contributed by atoms with Crippen LogP contribution in [0.3, 0.4) is 0 Å². The fraction of sp³-hybridized carbons (Fsp3) is 0.568. The van der Waals surface area contributed by atoms with Crippen LogP contribution in [0.25, 0.3) is 0 Å². The Morgan fingerprint density at radius 2 is 1.00 bits per heavy atom. The normalized spacial score (nSPS) is 23.1. The summed E-state index contributed by atoms with van der Waals surface area (Å²) in [6, 6.07) is 18.0. The first-order valence-electron chi connectivity index (χ1n) is 17.1. The summed E-state index contributed by atoms with van der Waals surface area (Å²) in [5.74, 6) is -1.04. The molecule has 0 radical (unpaired) electrons. The van der Waals surface area contributed by atoms with Crippen molar-refractivity contribution in [3.8, 4) is 0 Å². The van der Waals surface area contributed by atoms with Crippen molar-refractivity contribution < 1.29 is 81.1 Å². The Labute approximate surface area is 312 Å². The second kappa shape index (κ2) is 21.4. The second-order valence-corrected chi connectivity index (χ2v) is 13.6. The van der Waals surface area contributed by atoms with E-state index in [2.05, 4.69) is 14.1 Å². The summed E-state index contributed by atoms with van der Waals surface area (Å²) < 4.78 is 23.8. The number of nitrogens with zero attached hydrogens (tertiary/aromatic N) is 2. The van der Waals surface area contributed by atoms with Gasteiger partial charge in [-0.3, -0.25) is 9.59 Å². The lowest BCUT2D eigenvalue weighted by molar-refractivity contribution is -0.916. The zero-order valence-corrected chi connectivity index (χ0v) is 32.0. The van der Waals surface area contributed by atoms with E-state index in [-0.39, 0.29) is 70.0 Å². The number of quaternary nitrogens is 2. The zero-order valence-electron chi connectivity index (χ0n) is 28.9. The molecule has 0 bridgehead atoms. The van der Waals surface area contributed by atoms with Crippen LogP contribution in [0.4, 0.5) is 0 Å². The van der Waals surface area contributed by atoms with Gasteiger partial charge in [-0.05, 0) is 56.4 Å². The number of carbonyl (C=O) groups is 4. The fourth-order valence-electron chi connectivity index (χ4n) is 6.56. The van der Waals surface area contributed by atoms with Crippen molar-refractivity contribution in [2.75, 3.05) is 66.6 Å². The molecule has 4 rings (SSSR count). The van der Waals surface area contributed by atoms with Gasteiger partial charge in [-0.1, -0.05) is 36.4 Å². The number of rotatable bonds is 16. The van der Waals surface area contributed by atoms with Crippen LogP contribution >= 0.6 is 0 Å². The number of unbranched alkanes of at least 4 members (excludes halogenated alkanes) is 2. The molecule has 272 valence electrons. The topological polar surface area (TPSA) is 105 Å². The van der Waals surface area contributed by atoms with Crippen LogP contribution in [0, 0.1) is 0 Å². The summed E-state index contributed by atoms with van der Waals surface area (Å²) in [5, 5.41) is 0. The first kappa shape index (κ1) is 42.4. The van der Waals surface area contributed by atoms with Crippen molar-refractivity contribution in [3.63, 3.8) is 0 Å². The highest BCUT2D eigenvalue weighted by atomic mass is 79.9. The number of esters is 4. The Hall–Kier alpha value is -2.80. The average molecular weight is 813 g/mol. The summed E-state index contributed by atoms with van der Waals surface area (Å²) in [6.45, 7) is 5.24. The molecule has 2 aromatic rings. The third-order valence-electron chi connectivity index (χ3n) is 9.33. The molecule has 2 heterocycles. The van der Waals surface area contributed by atoms with E-state index in [0.717, 1.165) is 45.2 Å². The van der Waals surface area contributed by atoms with Gasteiger partial charge in [0.1, 0.15) is 13.1 Å². The minimum Gasteiger partial charge on any atom is -1.00 e. The van der Waals surface area contributed by atoms with E-state index < -0.39 is 0 Å². The molecule has 0 aliphatic carbocycles. The van der Waals surface area contributed by atoms with Crippen LogP contribution in [0.1, 0.15) is 78.5 Å². The molecule has 0 aromatic heterocycles. The van der Waals surface area contributed by atoms with Crippen molar-refractivity contribution in [3.05, 3.63) is 71.8 Å². The minimum atomic E-state index is -0.301. The van der Waals surface area contributed by atoms with Gasteiger partial charge >= 0.3 is 23.9 Å². The predicted octanol–water partition coefficient (Wildman–Crippen LogP) is -1.04. The van der Waals surface area contributed by atoms with Gasteiger partial charge in [-0.15, -0.1) is 0 Å². The van der Waals surface area contributed by atoms with Crippen LogP contribution in [-0.2, 0) is 28.5 Å². The smallest absolute Gasteiger partial charge is 0.338 e. The van der Waals surface area contributed by atoms with Crippen LogP contribution < -0.4 is 34.0 Å². The number of benzene rings is 2. The van der Waals surface area contributed by atoms with Crippen LogP contribution in [0.15, 0.2) is 60.7 Å². The molecule has 2 fully saturated rings. The van der Waals surface area contributed by atoms with Crippen LogP contribution in [-0.4, -0.2) is 112 Å². The van der Waals surface area contributed by atoms with Crippen LogP contribution in [0.2, 0.25) is 0 Å². The molecule has 2 saturated heterocycles. The van der Waals surface area contributed by atoms with Crippen molar-refractivity contribution in [2.45, 2.75) is 70.0 Å². The first-order valence-corrected chi connectivity index (χ1v) is 17.1. The molecule has 0 saturated carbocycles. The average Bonchev–Trinajstić information content (AvgIpc) is 3.07. The molecule has 2 aliphatic heterocycles. The minimum absolute atomic E-state index is 0. The van der Waals surface area contributed by atoms with Crippen molar-refractivity contribution >= 4 is 23.9 Å². The lowest BCUT2D eigenvalue weighted by Gasteiger charge is -2.40. The van der Waals surface area contributed by atoms with Gasteiger partial charge in [0.15, 0.2) is 12.2 Å².